The van der Waals surface area contributed by atoms with E-state index in [1.165, 1.54) is 5.56 Å². The van der Waals surface area contributed by atoms with Gasteiger partial charge in [0.2, 0.25) is 5.91 Å². The summed E-state index contributed by atoms with van der Waals surface area (Å²) in [5, 5.41) is 11.9. The summed E-state index contributed by atoms with van der Waals surface area (Å²) >= 11 is 0. The standard InChI is InChI=1S/C24H26N4O/c1-2-18-10-12-21(13-11-18)25-24(29)20-9-6-16-28(17-20)23-15-14-22(26-27-23)19-7-4-3-5-8-19/h3-5,7-8,10-15,20H,2,6,9,16-17H2,1H3,(H,25,29)/t20-/m1/s1. The molecule has 5 heteroatoms. The molecule has 1 aromatic heterocycles. The lowest BCUT2D eigenvalue weighted by atomic mass is 9.97. The second-order valence-corrected chi connectivity index (χ2v) is 7.47. The Morgan fingerprint density at radius 2 is 1.83 bits per heavy atom. The average molecular weight is 386 g/mol. The van der Waals surface area contributed by atoms with Crippen molar-refractivity contribution < 1.29 is 4.79 Å². The number of piperidine rings is 1. The van der Waals surface area contributed by atoms with E-state index in [0.717, 1.165) is 48.6 Å². The predicted octanol–water partition coefficient (Wildman–Crippen LogP) is 4.56. The van der Waals surface area contributed by atoms with E-state index in [0.29, 0.717) is 6.54 Å². The van der Waals surface area contributed by atoms with Crippen LogP contribution in [0.4, 0.5) is 11.5 Å². The van der Waals surface area contributed by atoms with E-state index in [1.54, 1.807) is 0 Å². The number of hydrogen-bond donors (Lipinski definition) is 1. The SMILES string of the molecule is CCc1ccc(NC(=O)[C@@H]2CCCN(c3ccc(-c4ccccc4)nn3)C2)cc1. The Morgan fingerprint density at radius 1 is 1.03 bits per heavy atom. The summed E-state index contributed by atoms with van der Waals surface area (Å²) in [7, 11) is 0. The first kappa shape index (κ1) is 19.1. The fourth-order valence-electron chi connectivity index (χ4n) is 3.72. The van der Waals surface area contributed by atoms with Crippen LogP contribution in [-0.4, -0.2) is 29.2 Å². The van der Waals surface area contributed by atoms with Crippen LogP contribution in [0.5, 0.6) is 0 Å². The highest BCUT2D eigenvalue weighted by atomic mass is 16.1. The zero-order valence-electron chi connectivity index (χ0n) is 16.7. The van der Waals surface area contributed by atoms with Crippen LogP contribution in [0.3, 0.4) is 0 Å². The normalized spacial score (nSPS) is 16.4. The number of nitrogens with zero attached hydrogens (tertiary/aromatic N) is 3. The van der Waals surface area contributed by atoms with E-state index in [4.69, 9.17) is 0 Å². The number of nitrogens with one attached hydrogen (secondary N) is 1. The van der Waals surface area contributed by atoms with Crippen LogP contribution in [0.2, 0.25) is 0 Å². The number of rotatable bonds is 5. The highest BCUT2D eigenvalue weighted by Gasteiger charge is 2.26. The van der Waals surface area contributed by atoms with Crippen molar-refractivity contribution in [3.63, 3.8) is 0 Å². The minimum Gasteiger partial charge on any atom is -0.354 e. The number of amides is 1. The molecule has 0 aliphatic carbocycles. The van der Waals surface area contributed by atoms with Gasteiger partial charge in [0.15, 0.2) is 5.82 Å². The molecule has 1 saturated heterocycles. The zero-order valence-corrected chi connectivity index (χ0v) is 16.7. The molecule has 0 spiro atoms. The highest BCUT2D eigenvalue weighted by molar-refractivity contribution is 5.93. The molecule has 5 nitrogen and oxygen atoms in total. The van der Waals surface area contributed by atoms with Gasteiger partial charge in [0.1, 0.15) is 0 Å². The molecule has 1 N–H and O–H groups in total. The number of aryl methyl sites for hydroxylation is 1. The highest BCUT2D eigenvalue weighted by Crippen LogP contribution is 2.24. The molecular weight excluding hydrogens is 360 g/mol. The largest absolute Gasteiger partial charge is 0.354 e. The van der Waals surface area contributed by atoms with Crippen molar-refractivity contribution in [3.05, 3.63) is 72.3 Å². The van der Waals surface area contributed by atoms with Gasteiger partial charge in [0.05, 0.1) is 11.6 Å². The van der Waals surface area contributed by atoms with Crippen molar-refractivity contribution in [2.45, 2.75) is 26.2 Å². The first-order valence-corrected chi connectivity index (χ1v) is 10.3. The van der Waals surface area contributed by atoms with Crippen LogP contribution in [0, 0.1) is 5.92 Å². The molecule has 1 amide bonds. The zero-order chi connectivity index (χ0) is 20.1. The molecule has 1 atom stereocenters. The molecule has 2 aromatic carbocycles. The summed E-state index contributed by atoms with van der Waals surface area (Å²) < 4.78 is 0. The molecule has 4 rings (SSSR count). The predicted molar refractivity (Wildman–Crippen MR) is 117 cm³/mol. The first-order valence-electron chi connectivity index (χ1n) is 10.3. The minimum absolute atomic E-state index is 0.0507. The lowest BCUT2D eigenvalue weighted by Gasteiger charge is -2.32. The van der Waals surface area contributed by atoms with E-state index in [2.05, 4.69) is 39.5 Å². The molecule has 0 radical (unpaired) electrons. The third-order valence-electron chi connectivity index (χ3n) is 5.47. The fraction of sp³-hybridized carbons (Fsp3) is 0.292. The number of benzene rings is 2. The molecule has 0 unspecified atom stereocenters. The van der Waals surface area contributed by atoms with Crippen molar-refractivity contribution in [1.29, 1.82) is 0 Å². The maximum absolute atomic E-state index is 12.8. The smallest absolute Gasteiger partial charge is 0.229 e. The van der Waals surface area contributed by atoms with Gasteiger partial charge < -0.3 is 10.2 Å². The fourth-order valence-corrected chi connectivity index (χ4v) is 3.72. The van der Waals surface area contributed by atoms with Crippen LogP contribution in [0.1, 0.15) is 25.3 Å². The second kappa shape index (κ2) is 8.86. The van der Waals surface area contributed by atoms with Gasteiger partial charge in [-0.05, 0) is 49.1 Å². The van der Waals surface area contributed by atoms with E-state index in [-0.39, 0.29) is 11.8 Å². The summed E-state index contributed by atoms with van der Waals surface area (Å²) in [6.07, 6.45) is 2.86. The number of anilines is 2. The van der Waals surface area contributed by atoms with Crippen LogP contribution in [0.25, 0.3) is 11.3 Å². The van der Waals surface area contributed by atoms with Crippen LogP contribution >= 0.6 is 0 Å². The van der Waals surface area contributed by atoms with Crippen molar-refractivity contribution in [2.75, 3.05) is 23.3 Å². The van der Waals surface area contributed by atoms with Gasteiger partial charge in [-0.3, -0.25) is 4.79 Å². The number of aromatic nitrogens is 2. The van der Waals surface area contributed by atoms with Gasteiger partial charge in [-0.1, -0.05) is 49.4 Å². The number of carbonyl (C=O) groups is 1. The Hall–Kier alpha value is -3.21. The molecular formula is C24H26N4O. The van der Waals surface area contributed by atoms with Crippen molar-refractivity contribution in [2.24, 2.45) is 5.92 Å². The lowest BCUT2D eigenvalue weighted by Crippen LogP contribution is -2.41. The summed E-state index contributed by atoms with van der Waals surface area (Å²) in [4.78, 5) is 14.9. The lowest BCUT2D eigenvalue weighted by molar-refractivity contribution is -0.120. The molecule has 1 aliphatic heterocycles. The third kappa shape index (κ3) is 4.62. The summed E-state index contributed by atoms with van der Waals surface area (Å²) in [5.41, 5.74) is 4.04. The van der Waals surface area contributed by atoms with Crippen LogP contribution in [-0.2, 0) is 11.2 Å². The van der Waals surface area contributed by atoms with Gasteiger partial charge in [-0.2, -0.15) is 0 Å². The van der Waals surface area contributed by atoms with Gasteiger partial charge in [0.25, 0.3) is 0 Å². The molecule has 148 valence electrons. The number of hydrogen-bond acceptors (Lipinski definition) is 4. The Labute approximate surface area is 171 Å². The number of carbonyl (C=O) groups excluding carboxylic acids is 1. The first-order chi connectivity index (χ1) is 14.2. The van der Waals surface area contributed by atoms with Crippen molar-refractivity contribution >= 4 is 17.4 Å². The maximum atomic E-state index is 12.8. The molecule has 0 bridgehead atoms. The van der Waals surface area contributed by atoms with E-state index in [9.17, 15) is 4.79 Å². The van der Waals surface area contributed by atoms with Gasteiger partial charge in [-0.25, -0.2) is 0 Å². The van der Waals surface area contributed by atoms with Crippen LogP contribution < -0.4 is 10.2 Å². The van der Waals surface area contributed by atoms with Crippen molar-refractivity contribution in [1.82, 2.24) is 10.2 Å². The Bertz CT molecular complexity index is 939. The summed E-state index contributed by atoms with van der Waals surface area (Å²) in [6.45, 7) is 3.69. The van der Waals surface area contributed by atoms with Crippen molar-refractivity contribution in [3.8, 4) is 11.3 Å². The summed E-state index contributed by atoms with van der Waals surface area (Å²) in [6, 6.07) is 22.1. The van der Waals surface area contributed by atoms with E-state index >= 15 is 0 Å². The second-order valence-electron chi connectivity index (χ2n) is 7.47. The molecule has 1 aliphatic rings. The molecule has 0 saturated carbocycles. The molecule has 2 heterocycles. The maximum Gasteiger partial charge on any atom is 0.229 e. The third-order valence-corrected chi connectivity index (χ3v) is 5.47. The van der Waals surface area contributed by atoms with Gasteiger partial charge in [0, 0.05) is 24.3 Å². The molecule has 3 aromatic rings. The minimum atomic E-state index is -0.0507. The Morgan fingerprint density at radius 3 is 2.52 bits per heavy atom. The van der Waals surface area contributed by atoms with E-state index in [1.807, 2.05) is 54.6 Å². The Balaban J connectivity index is 1.40. The topological polar surface area (TPSA) is 58.1 Å². The Kier molecular flexibility index (Phi) is 5.84. The van der Waals surface area contributed by atoms with Gasteiger partial charge >= 0.3 is 0 Å². The average Bonchev–Trinajstić information content (AvgIpc) is 2.80. The van der Waals surface area contributed by atoms with Crippen LogP contribution in [0.15, 0.2) is 66.7 Å². The van der Waals surface area contributed by atoms with Gasteiger partial charge in [-0.15, -0.1) is 10.2 Å². The molecule has 1 fully saturated rings. The monoisotopic (exact) mass is 386 g/mol. The van der Waals surface area contributed by atoms with E-state index < -0.39 is 0 Å². The molecule has 29 heavy (non-hydrogen) atoms. The quantitative estimate of drug-likeness (QED) is 0.698. The summed E-state index contributed by atoms with van der Waals surface area (Å²) in [5.74, 6) is 0.854.